The molecule has 1 aliphatic heterocycles. The van der Waals surface area contributed by atoms with E-state index in [9.17, 15) is 8.42 Å². The number of fused-ring (bicyclic) bond motifs is 4. The number of hydrogen-bond donors (Lipinski definition) is 2. The monoisotopic (exact) mass is 550 g/mol. The molecule has 2 aliphatic rings. The van der Waals surface area contributed by atoms with Gasteiger partial charge in [0, 0.05) is 48.2 Å². The molecular formula is C29H31ClN4O3S. The van der Waals surface area contributed by atoms with Crippen molar-refractivity contribution >= 4 is 50.0 Å². The molecule has 0 aromatic heterocycles. The number of nitrogens with one attached hydrogen (secondary N) is 2. The molecule has 3 aromatic rings. The fourth-order valence-electron chi connectivity index (χ4n) is 4.40. The Morgan fingerprint density at radius 3 is 2.42 bits per heavy atom. The fraction of sp³-hybridized carbons (Fsp3) is 0.241. The van der Waals surface area contributed by atoms with Crippen LogP contribution in [0.25, 0.3) is 33.3 Å². The summed E-state index contributed by atoms with van der Waals surface area (Å²) in [5.41, 5.74) is 5.29. The Bertz CT molecular complexity index is 1730. The van der Waals surface area contributed by atoms with Crippen molar-refractivity contribution in [2.24, 2.45) is 4.99 Å². The van der Waals surface area contributed by atoms with Gasteiger partial charge in [0.15, 0.2) is 11.3 Å². The molecule has 38 heavy (non-hydrogen) atoms. The van der Waals surface area contributed by atoms with Crippen LogP contribution in [0.4, 0.5) is 5.69 Å². The average Bonchev–Trinajstić information content (AvgIpc) is 2.88. The van der Waals surface area contributed by atoms with Gasteiger partial charge in [0.2, 0.25) is 10.0 Å². The smallest absolute Gasteiger partial charge is 0.240 e. The molecule has 2 N–H and O–H groups in total. The average molecular weight is 551 g/mol. The van der Waals surface area contributed by atoms with E-state index >= 15 is 0 Å². The quantitative estimate of drug-likeness (QED) is 0.144. The summed E-state index contributed by atoms with van der Waals surface area (Å²) < 4.78 is 34.1. The summed E-state index contributed by atoms with van der Waals surface area (Å²) in [6.45, 7) is 7.59. The van der Waals surface area contributed by atoms with Gasteiger partial charge in [0.05, 0.1) is 10.3 Å². The molecule has 5 rings (SSSR count). The summed E-state index contributed by atoms with van der Waals surface area (Å²) in [5, 5.41) is 6.40. The first kappa shape index (κ1) is 27.6. The van der Waals surface area contributed by atoms with Gasteiger partial charge in [-0.2, -0.15) is 0 Å². The summed E-state index contributed by atoms with van der Waals surface area (Å²) >= 11 is 0. The Labute approximate surface area is 228 Å². The van der Waals surface area contributed by atoms with Crippen LogP contribution in [0.1, 0.15) is 24.5 Å². The number of rotatable bonds is 8. The SMILES string of the molecule is CCN=c1cc2oc3cc(NCCCNS(=O)(=O)c4ccc(C)cc4)c4ccccc4c3nc-2cc1C.Cl. The minimum absolute atomic E-state index is 0. The third-order valence-corrected chi connectivity index (χ3v) is 7.81. The summed E-state index contributed by atoms with van der Waals surface area (Å²) in [6.07, 6.45) is 0.617. The number of anilines is 1. The van der Waals surface area contributed by atoms with E-state index in [0.29, 0.717) is 37.4 Å². The molecule has 0 saturated heterocycles. The van der Waals surface area contributed by atoms with Gasteiger partial charge in [-0.05, 0) is 51.0 Å². The molecule has 3 aromatic carbocycles. The molecule has 0 atom stereocenters. The summed E-state index contributed by atoms with van der Waals surface area (Å²) in [7, 11) is -3.53. The molecule has 0 unspecified atom stereocenters. The van der Waals surface area contributed by atoms with E-state index in [-0.39, 0.29) is 17.3 Å². The summed E-state index contributed by atoms with van der Waals surface area (Å²) in [4.78, 5) is 9.77. The number of sulfonamides is 1. The molecule has 1 heterocycles. The highest BCUT2D eigenvalue weighted by Crippen LogP contribution is 2.34. The van der Waals surface area contributed by atoms with Crippen molar-refractivity contribution in [3.8, 4) is 11.5 Å². The lowest BCUT2D eigenvalue weighted by Gasteiger charge is -2.14. The second-order valence-corrected chi connectivity index (χ2v) is 10.9. The normalized spacial score (nSPS) is 12.2. The van der Waals surface area contributed by atoms with Crippen molar-refractivity contribution in [2.75, 3.05) is 25.0 Å². The van der Waals surface area contributed by atoms with E-state index in [0.717, 1.165) is 44.2 Å². The van der Waals surface area contributed by atoms with Gasteiger partial charge < -0.3 is 9.73 Å². The Hall–Kier alpha value is -3.46. The van der Waals surface area contributed by atoms with Gasteiger partial charge in [-0.25, -0.2) is 18.1 Å². The summed E-state index contributed by atoms with van der Waals surface area (Å²) in [6, 6.07) is 20.9. The van der Waals surface area contributed by atoms with Gasteiger partial charge in [-0.15, -0.1) is 12.4 Å². The fourth-order valence-corrected chi connectivity index (χ4v) is 5.48. The van der Waals surface area contributed by atoms with Gasteiger partial charge >= 0.3 is 0 Å². The third kappa shape index (κ3) is 5.67. The van der Waals surface area contributed by atoms with Crippen LogP contribution in [0.2, 0.25) is 0 Å². The molecule has 0 bridgehead atoms. The molecule has 0 fully saturated rings. The highest BCUT2D eigenvalue weighted by atomic mass is 35.5. The topological polar surface area (TPSA) is 96.6 Å². The molecule has 0 radical (unpaired) electrons. The van der Waals surface area contributed by atoms with Crippen molar-refractivity contribution in [3.05, 3.63) is 83.2 Å². The zero-order valence-corrected chi connectivity index (χ0v) is 23.2. The maximum Gasteiger partial charge on any atom is 0.240 e. The second kappa shape index (κ2) is 11.5. The minimum atomic E-state index is -3.53. The first-order chi connectivity index (χ1) is 17.9. The predicted molar refractivity (Wildman–Crippen MR) is 156 cm³/mol. The number of nitrogens with zero attached hydrogens (tertiary/aromatic N) is 2. The standard InChI is InChI=1S/C29H30N4O3S.ClH/c1-4-30-24-17-27-26(16-20(24)3)33-29-23-9-6-5-8-22(23)25(18-28(29)36-27)31-14-7-15-32-37(34,35)21-12-10-19(2)11-13-21;/h5-6,8-13,16-18,31-32H,4,7,14-15H2,1-3H3;1H. The second-order valence-electron chi connectivity index (χ2n) is 9.10. The van der Waals surface area contributed by atoms with E-state index in [2.05, 4.69) is 21.1 Å². The molecule has 1 aliphatic carbocycles. The van der Waals surface area contributed by atoms with E-state index in [1.165, 1.54) is 0 Å². The molecule has 0 amide bonds. The molecular weight excluding hydrogens is 520 g/mol. The first-order valence-corrected chi connectivity index (χ1v) is 13.9. The van der Waals surface area contributed by atoms with Crippen LogP contribution >= 0.6 is 12.4 Å². The molecule has 0 spiro atoms. The molecule has 0 saturated carbocycles. The van der Waals surface area contributed by atoms with Crippen LogP contribution in [-0.2, 0) is 10.0 Å². The molecule has 7 nitrogen and oxygen atoms in total. The van der Waals surface area contributed by atoms with E-state index < -0.39 is 10.0 Å². The van der Waals surface area contributed by atoms with Gasteiger partial charge in [-0.3, -0.25) is 4.99 Å². The number of aromatic nitrogens is 1. The lowest BCUT2D eigenvalue weighted by atomic mass is 10.1. The Morgan fingerprint density at radius 1 is 0.947 bits per heavy atom. The van der Waals surface area contributed by atoms with E-state index in [4.69, 9.17) is 9.40 Å². The zero-order valence-electron chi connectivity index (χ0n) is 21.6. The van der Waals surface area contributed by atoms with Crippen molar-refractivity contribution in [1.82, 2.24) is 9.71 Å². The van der Waals surface area contributed by atoms with Gasteiger partial charge in [-0.1, -0.05) is 42.0 Å². The Kier molecular flexibility index (Phi) is 8.35. The number of halogens is 1. The van der Waals surface area contributed by atoms with Crippen LogP contribution < -0.4 is 15.4 Å². The molecule has 9 heteroatoms. The zero-order chi connectivity index (χ0) is 26.0. The summed E-state index contributed by atoms with van der Waals surface area (Å²) in [5.74, 6) is 0.692. The first-order valence-electron chi connectivity index (χ1n) is 12.4. The van der Waals surface area contributed by atoms with Crippen LogP contribution in [0.3, 0.4) is 0 Å². The third-order valence-electron chi connectivity index (χ3n) is 6.33. The van der Waals surface area contributed by atoms with E-state index in [1.807, 2.05) is 57.2 Å². The van der Waals surface area contributed by atoms with Crippen LogP contribution in [0, 0.1) is 13.8 Å². The van der Waals surface area contributed by atoms with E-state index in [1.54, 1.807) is 24.3 Å². The maximum atomic E-state index is 12.5. The van der Waals surface area contributed by atoms with Gasteiger partial charge in [0.1, 0.15) is 11.2 Å². The largest absolute Gasteiger partial charge is 0.453 e. The maximum absolute atomic E-state index is 12.5. The minimum Gasteiger partial charge on any atom is -0.453 e. The Balaban J connectivity index is 0.00000336. The van der Waals surface area contributed by atoms with Crippen molar-refractivity contribution in [1.29, 1.82) is 0 Å². The number of aryl methyl sites for hydroxylation is 2. The van der Waals surface area contributed by atoms with Crippen molar-refractivity contribution in [3.63, 3.8) is 0 Å². The predicted octanol–water partition coefficient (Wildman–Crippen LogP) is 5.83. The van der Waals surface area contributed by atoms with Crippen LogP contribution in [0.15, 0.2) is 81.0 Å². The molecule has 198 valence electrons. The van der Waals surface area contributed by atoms with Gasteiger partial charge in [0.25, 0.3) is 0 Å². The highest BCUT2D eigenvalue weighted by molar-refractivity contribution is 7.89. The highest BCUT2D eigenvalue weighted by Gasteiger charge is 2.16. The van der Waals surface area contributed by atoms with Crippen LogP contribution in [0.5, 0.6) is 0 Å². The lowest BCUT2D eigenvalue weighted by Crippen LogP contribution is -2.26. The lowest BCUT2D eigenvalue weighted by molar-refractivity contribution is 0.580. The van der Waals surface area contributed by atoms with Crippen molar-refractivity contribution in [2.45, 2.75) is 32.1 Å². The van der Waals surface area contributed by atoms with Crippen LogP contribution in [-0.4, -0.2) is 33.0 Å². The number of hydrogen-bond acceptors (Lipinski definition) is 6. The Morgan fingerprint density at radius 2 is 1.68 bits per heavy atom. The number of benzene rings is 4. The van der Waals surface area contributed by atoms with Crippen molar-refractivity contribution < 1.29 is 12.8 Å².